The number of esters is 2. The van der Waals surface area contributed by atoms with E-state index in [0.717, 1.165) is 0 Å². The van der Waals surface area contributed by atoms with Gasteiger partial charge >= 0.3 is 18.1 Å². The van der Waals surface area contributed by atoms with Gasteiger partial charge < -0.3 is 24.5 Å². The van der Waals surface area contributed by atoms with E-state index in [9.17, 15) is 41.8 Å². The fourth-order valence-electron chi connectivity index (χ4n) is 6.15. The maximum absolute atomic E-state index is 15.0. The van der Waals surface area contributed by atoms with E-state index in [-0.39, 0.29) is 54.0 Å². The highest BCUT2D eigenvalue weighted by Gasteiger charge is 2.46. The lowest BCUT2D eigenvalue weighted by Gasteiger charge is -2.31. The normalized spacial score (nSPS) is 20.5. The molecule has 0 bridgehead atoms. The Morgan fingerprint density at radius 2 is 1.98 bits per heavy atom. The molecule has 2 aliphatic heterocycles. The third kappa shape index (κ3) is 3.99. The van der Waals surface area contributed by atoms with Crippen LogP contribution in [0.4, 0.5) is 17.6 Å². The largest absolute Gasteiger partial charge is 0.490 e. The molecule has 3 aliphatic rings. The molecular formula is C28H23F4N3O7. The number of pyridine rings is 2. The summed E-state index contributed by atoms with van der Waals surface area (Å²) in [5.74, 6) is -4.89. The lowest BCUT2D eigenvalue weighted by atomic mass is 9.81. The average Bonchev–Trinajstić information content (AvgIpc) is 3.31. The number of aliphatic hydroxyl groups is 1. The van der Waals surface area contributed by atoms with E-state index in [1.54, 1.807) is 13.8 Å². The van der Waals surface area contributed by atoms with Crippen LogP contribution < -0.4 is 10.9 Å². The predicted octanol–water partition coefficient (Wildman–Crippen LogP) is 2.74. The molecule has 10 nitrogen and oxygen atoms in total. The van der Waals surface area contributed by atoms with Gasteiger partial charge in [0.25, 0.3) is 11.5 Å². The molecule has 4 heterocycles. The predicted molar refractivity (Wildman–Crippen MR) is 135 cm³/mol. The zero-order valence-corrected chi connectivity index (χ0v) is 22.3. The summed E-state index contributed by atoms with van der Waals surface area (Å²) < 4.78 is 63.2. The van der Waals surface area contributed by atoms with E-state index in [4.69, 9.17) is 4.74 Å². The zero-order valence-electron chi connectivity index (χ0n) is 22.3. The fourth-order valence-corrected chi connectivity index (χ4v) is 6.15. The number of alkyl halides is 3. The summed E-state index contributed by atoms with van der Waals surface area (Å²) >= 11 is 0. The van der Waals surface area contributed by atoms with Crippen LogP contribution in [0.1, 0.15) is 59.2 Å². The summed E-state index contributed by atoms with van der Waals surface area (Å²) in [4.78, 5) is 54.5. The first-order chi connectivity index (χ1) is 19.8. The van der Waals surface area contributed by atoms with Crippen LogP contribution in [0.3, 0.4) is 0 Å². The molecule has 1 aliphatic carbocycles. The van der Waals surface area contributed by atoms with Crippen LogP contribution in [0, 0.1) is 12.7 Å². The van der Waals surface area contributed by atoms with Gasteiger partial charge in [-0.1, -0.05) is 6.92 Å². The minimum atomic E-state index is -5.26. The molecule has 14 heteroatoms. The quantitative estimate of drug-likeness (QED) is 0.274. The molecule has 2 atom stereocenters. The molecule has 0 spiro atoms. The number of nitrogens with one attached hydrogen (secondary N) is 1. The average molecular weight is 589 g/mol. The second-order valence-electron chi connectivity index (χ2n) is 10.5. The Balaban J connectivity index is 1.50. The Labute approximate surface area is 234 Å². The first-order valence-corrected chi connectivity index (χ1v) is 13.1. The van der Waals surface area contributed by atoms with Crippen LogP contribution in [-0.2, 0) is 49.0 Å². The number of fused-ring (bicyclic) bond motifs is 5. The number of nitrogens with zero attached hydrogens (tertiary/aromatic N) is 2. The van der Waals surface area contributed by atoms with Crippen molar-refractivity contribution in [1.29, 1.82) is 0 Å². The number of amides is 1. The van der Waals surface area contributed by atoms with Gasteiger partial charge in [-0.3, -0.25) is 9.59 Å². The smallest absolute Gasteiger partial charge is 0.458 e. The van der Waals surface area contributed by atoms with Crippen molar-refractivity contribution in [3.63, 3.8) is 0 Å². The van der Waals surface area contributed by atoms with E-state index >= 15 is 0 Å². The maximum atomic E-state index is 15.0. The molecule has 2 aromatic heterocycles. The maximum Gasteiger partial charge on any atom is 0.490 e. The first-order valence-electron chi connectivity index (χ1n) is 13.1. The fraction of sp³-hybridized carbons (Fsp3) is 0.393. The second kappa shape index (κ2) is 9.34. The topological polar surface area (TPSA) is 137 Å². The van der Waals surface area contributed by atoms with E-state index in [2.05, 4.69) is 15.0 Å². The monoisotopic (exact) mass is 589 g/mol. The van der Waals surface area contributed by atoms with Crippen molar-refractivity contribution < 1.29 is 46.5 Å². The molecule has 1 aromatic carbocycles. The standard InChI is InChI=1S/C28H23F4N3O7/c1-3-27(40)15-6-19-23-13(8-35(19)24(37)14(15)9-41-25(27)38)22-17(33-20(36)10-42-26(39)28(30,31)32)5-4-12-11(2)16(29)7-18(34-23)21(12)22/h6-7,17,40H,3-5,8-10H2,1-2H3,(H,33,36)/t17-,27-/m0/s1. The number of carbonyl (C=O) groups is 3. The summed E-state index contributed by atoms with van der Waals surface area (Å²) in [5, 5.41) is 14.3. The van der Waals surface area contributed by atoms with Crippen LogP contribution in [0.2, 0.25) is 0 Å². The molecule has 42 heavy (non-hydrogen) atoms. The van der Waals surface area contributed by atoms with E-state index in [0.29, 0.717) is 34.1 Å². The Morgan fingerprint density at radius 3 is 2.67 bits per heavy atom. The van der Waals surface area contributed by atoms with Gasteiger partial charge in [0.1, 0.15) is 12.4 Å². The molecule has 6 rings (SSSR count). The molecule has 1 amide bonds. The molecular weight excluding hydrogens is 566 g/mol. The van der Waals surface area contributed by atoms with Gasteiger partial charge in [0.2, 0.25) is 0 Å². The van der Waals surface area contributed by atoms with E-state index in [1.807, 2.05) is 0 Å². The highest BCUT2D eigenvalue weighted by Crippen LogP contribution is 2.45. The first kappa shape index (κ1) is 27.8. The van der Waals surface area contributed by atoms with Crippen molar-refractivity contribution >= 4 is 28.7 Å². The van der Waals surface area contributed by atoms with Gasteiger partial charge in [-0.05, 0) is 48.9 Å². The van der Waals surface area contributed by atoms with Gasteiger partial charge in [0.05, 0.1) is 35.1 Å². The Bertz CT molecular complexity index is 1800. The lowest BCUT2D eigenvalue weighted by molar-refractivity contribution is -0.200. The summed E-state index contributed by atoms with van der Waals surface area (Å²) in [7, 11) is 0. The summed E-state index contributed by atoms with van der Waals surface area (Å²) in [6.45, 7) is 1.65. The number of hydrogen-bond donors (Lipinski definition) is 2. The van der Waals surface area contributed by atoms with Gasteiger partial charge in [-0.25, -0.2) is 19.0 Å². The van der Waals surface area contributed by atoms with Gasteiger partial charge in [0.15, 0.2) is 12.2 Å². The molecule has 220 valence electrons. The molecule has 0 fully saturated rings. The minimum Gasteiger partial charge on any atom is -0.458 e. The Morgan fingerprint density at radius 1 is 1.24 bits per heavy atom. The van der Waals surface area contributed by atoms with Crippen LogP contribution in [0.25, 0.3) is 22.3 Å². The summed E-state index contributed by atoms with van der Waals surface area (Å²) in [5.41, 5.74) is 0.430. The number of rotatable bonds is 4. The number of hydrogen-bond acceptors (Lipinski definition) is 8. The molecule has 0 unspecified atom stereocenters. The lowest BCUT2D eigenvalue weighted by Crippen LogP contribution is -2.44. The second-order valence-corrected chi connectivity index (χ2v) is 10.5. The van der Waals surface area contributed by atoms with Gasteiger partial charge in [-0.2, -0.15) is 13.2 Å². The minimum absolute atomic E-state index is 0.0150. The number of aromatic nitrogens is 2. The number of aryl methyl sites for hydroxylation is 1. The number of cyclic esters (lactones) is 1. The third-order valence-corrected chi connectivity index (χ3v) is 8.28. The molecule has 0 saturated heterocycles. The third-order valence-electron chi connectivity index (χ3n) is 8.28. The van der Waals surface area contributed by atoms with E-state index in [1.165, 1.54) is 16.7 Å². The number of benzene rings is 1. The van der Waals surface area contributed by atoms with Crippen molar-refractivity contribution in [1.82, 2.24) is 14.9 Å². The number of carbonyl (C=O) groups excluding carboxylic acids is 3. The molecule has 3 aromatic rings. The summed E-state index contributed by atoms with van der Waals surface area (Å²) in [6.07, 6.45) is -4.78. The van der Waals surface area contributed by atoms with Crippen LogP contribution in [-0.4, -0.2) is 45.3 Å². The van der Waals surface area contributed by atoms with Crippen molar-refractivity contribution in [2.45, 2.75) is 64.1 Å². The summed E-state index contributed by atoms with van der Waals surface area (Å²) in [6, 6.07) is 1.93. The highest BCUT2D eigenvalue weighted by atomic mass is 19.4. The number of halogens is 4. The zero-order chi connectivity index (χ0) is 30.3. The Kier molecular flexibility index (Phi) is 6.19. The molecule has 0 saturated carbocycles. The van der Waals surface area contributed by atoms with Gasteiger partial charge in [0, 0.05) is 22.6 Å². The van der Waals surface area contributed by atoms with E-state index < -0.39 is 53.6 Å². The van der Waals surface area contributed by atoms with Crippen molar-refractivity contribution in [2.24, 2.45) is 0 Å². The van der Waals surface area contributed by atoms with Crippen LogP contribution >= 0.6 is 0 Å². The van der Waals surface area contributed by atoms with Crippen molar-refractivity contribution in [2.75, 3.05) is 6.61 Å². The van der Waals surface area contributed by atoms with Crippen LogP contribution in [0.5, 0.6) is 0 Å². The van der Waals surface area contributed by atoms with Crippen molar-refractivity contribution in [3.05, 3.63) is 61.7 Å². The molecule has 2 N–H and O–H groups in total. The van der Waals surface area contributed by atoms with Crippen molar-refractivity contribution in [3.8, 4) is 11.4 Å². The van der Waals surface area contributed by atoms with Crippen LogP contribution in [0.15, 0.2) is 16.9 Å². The molecule has 0 radical (unpaired) electrons. The highest BCUT2D eigenvalue weighted by molar-refractivity contribution is 5.94. The SMILES string of the molecule is CC[C@@]1(O)C(=O)OCc2c1cc1n(c2=O)Cc2c-1nc1cc(F)c(C)c3c1c2[C@@H](NC(=O)COC(=O)C(F)(F)F)CC3. The Hall–Kier alpha value is -4.33. The van der Waals surface area contributed by atoms with Gasteiger partial charge in [-0.15, -0.1) is 0 Å². The number of ether oxygens (including phenoxy) is 2.